The molecule has 8 aliphatic heterocycles. The van der Waals surface area contributed by atoms with Crippen molar-refractivity contribution in [2.75, 3.05) is 20.3 Å². The van der Waals surface area contributed by atoms with Gasteiger partial charge in [-0.2, -0.15) is 0 Å². The van der Waals surface area contributed by atoms with Crippen LogP contribution in [0.5, 0.6) is 0 Å². The summed E-state index contributed by atoms with van der Waals surface area (Å²) in [5.74, 6) is -0.258. The molecule has 8 saturated heterocycles. The third-order valence-electron chi connectivity index (χ3n) is 20.7. The van der Waals surface area contributed by atoms with Crippen LogP contribution in [0.4, 0.5) is 0 Å². The fourth-order valence-corrected chi connectivity index (χ4v) is 23.0. The minimum Gasteiger partial charge on any atom is -0.414 e. The Hall–Kier alpha value is -0.349. The van der Waals surface area contributed by atoms with Gasteiger partial charge in [0.05, 0.1) is 67.6 Å². The molecule has 18 atom stereocenters. The minimum atomic E-state index is -2.00. The zero-order valence-electron chi connectivity index (χ0n) is 48.3. The van der Waals surface area contributed by atoms with E-state index < -0.39 is 30.7 Å². The summed E-state index contributed by atoms with van der Waals surface area (Å²) < 4.78 is 77.0. The van der Waals surface area contributed by atoms with Crippen molar-refractivity contribution in [2.45, 2.75) is 305 Å². The second kappa shape index (κ2) is 25.8. The fourth-order valence-electron chi connectivity index (χ4n) is 14.6. The van der Waals surface area contributed by atoms with E-state index in [2.05, 4.69) is 96.2 Å². The first kappa shape index (κ1) is 60.3. The van der Waals surface area contributed by atoms with Crippen LogP contribution < -0.4 is 0 Å². The first-order chi connectivity index (χ1) is 35.0. The maximum atomic E-state index is 10.5. The average Bonchev–Trinajstić information content (AvgIpc) is 4.08. The topological polar surface area (TPSA) is 122 Å². The summed E-state index contributed by atoms with van der Waals surface area (Å²) in [6.45, 7) is 37.1. The lowest BCUT2D eigenvalue weighted by Gasteiger charge is -2.48. The molecule has 0 amide bonds. The quantitative estimate of drug-likeness (QED) is 0.0525. The van der Waals surface area contributed by atoms with Crippen molar-refractivity contribution in [3.63, 3.8) is 0 Å². The van der Waals surface area contributed by atoms with Gasteiger partial charge in [0.2, 0.25) is 0 Å². The van der Waals surface area contributed by atoms with E-state index in [0.717, 1.165) is 106 Å². The van der Waals surface area contributed by atoms with Gasteiger partial charge in [0.15, 0.2) is 30.7 Å². The molecule has 8 rings (SSSR count). The molecule has 0 aromatic heterocycles. The van der Waals surface area contributed by atoms with E-state index in [1.54, 1.807) is 0 Å². The zero-order valence-corrected chi connectivity index (χ0v) is 51.3. The van der Waals surface area contributed by atoms with Crippen LogP contribution in [-0.2, 0) is 51.2 Å². The van der Waals surface area contributed by atoms with Crippen molar-refractivity contribution in [3.05, 3.63) is 24.8 Å². The molecule has 422 valence electrons. The van der Waals surface area contributed by atoms with Gasteiger partial charge in [-0.05, 0) is 116 Å². The standard InChI is InChI=1S/C58H106O12Si3/c1-16-26-46-53(70-73(23-8,24-9)25-10)56-55-54(65-46)52-49(66-55)37-58(67-52,68-56)31-29-42-33-39(11)45(62-42)28-27-41-34-40(12)57(13,14)50(63-41)36-47-44(30-32-59)51(60-15)48(64-47)35-43(69-72(20-5,21-6)22-7)38-61-71(17-2,18-3)19-4/h16,40-56,59H,1,11,17-38H2,2-10,12-15H3/t40?,41?,42?,43?,44?,45?,46?,47?,48-,49-,50?,51-,52?,53?,54+,55?,56?,58+/m1/s1. The van der Waals surface area contributed by atoms with Crippen LogP contribution in [0, 0.1) is 17.3 Å². The molecule has 0 aliphatic carbocycles. The first-order valence-electron chi connectivity index (χ1n) is 30.0. The molecule has 8 heterocycles. The molecule has 15 heteroatoms. The van der Waals surface area contributed by atoms with E-state index in [-0.39, 0.29) is 109 Å². The number of aliphatic hydroxyl groups excluding tert-OH is 1. The van der Waals surface area contributed by atoms with Crippen LogP contribution in [0.3, 0.4) is 0 Å². The van der Waals surface area contributed by atoms with Crippen molar-refractivity contribution in [2.24, 2.45) is 17.3 Å². The minimum absolute atomic E-state index is 0.0114. The second-order valence-corrected chi connectivity index (χ2v) is 38.7. The van der Waals surface area contributed by atoms with Crippen LogP contribution in [0.15, 0.2) is 24.8 Å². The third-order valence-corrected chi connectivity index (χ3v) is 34.7. The van der Waals surface area contributed by atoms with Gasteiger partial charge in [-0.25, -0.2) is 0 Å². The predicted molar refractivity (Wildman–Crippen MR) is 298 cm³/mol. The lowest BCUT2D eigenvalue weighted by molar-refractivity contribution is -0.271. The number of hydrogen-bond donors (Lipinski definition) is 1. The maximum absolute atomic E-state index is 10.5. The van der Waals surface area contributed by atoms with Crippen LogP contribution in [0.2, 0.25) is 54.4 Å². The maximum Gasteiger partial charge on any atom is 0.192 e. The summed E-state index contributed by atoms with van der Waals surface area (Å²) in [4.78, 5) is 0. The molecule has 0 saturated carbocycles. The highest BCUT2D eigenvalue weighted by molar-refractivity contribution is 6.74. The highest BCUT2D eigenvalue weighted by Crippen LogP contribution is 2.54. The molecule has 6 bridgehead atoms. The van der Waals surface area contributed by atoms with E-state index >= 15 is 0 Å². The molecule has 73 heavy (non-hydrogen) atoms. The molecule has 1 N–H and O–H groups in total. The lowest BCUT2D eigenvalue weighted by Crippen LogP contribution is -2.62. The molecular formula is C58H106O12Si3. The van der Waals surface area contributed by atoms with Gasteiger partial charge < -0.3 is 56.3 Å². The second-order valence-electron chi connectivity index (χ2n) is 24.4. The van der Waals surface area contributed by atoms with Crippen molar-refractivity contribution in [1.82, 2.24) is 0 Å². The number of rotatable bonds is 31. The van der Waals surface area contributed by atoms with E-state index in [0.29, 0.717) is 31.8 Å². The van der Waals surface area contributed by atoms with Crippen LogP contribution in [0.1, 0.15) is 154 Å². The molecule has 8 aliphatic rings. The average molecular weight is 1080 g/mol. The van der Waals surface area contributed by atoms with Gasteiger partial charge in [-0.1, -0.05) is 95.7 Å². The number of hydrogen-bond acceptors (Lipinski definition) is 12. The van der Waals surface area contributed by atoms with Crippen LogP contribution in [-0.4, -0.2) is 148 Å². The molecule has 0 aromatic carbocycles. The summed E-state index contributed by atoms with van der Waals surface area (Å²) in [7, 11) is -3.98. The molecule has 0 spiro atoms. The highest BCUT2D eigenvalue weighted by atomic mass is 28.4. The number of ether oxygens (including phenoxy) is 8. The molecule has 13 unspecified atom stereocenters. The number of aliphatic hydroxyl groups is 1. The molecule has 0 aromatic rings. The molecule has 0 radical (unpaired) electrons. The van der Waals surface area contributed by atoms with Gasteiger partial charge in [0.25, 0.3) is 0 Å². The summed E-state index contributed by atoms with van der Waals surface area (Å²) >= 11 is 0. The predicted octanol–water partition coefficient (Wildman–Crippen LogP) is 12.4. The van der Waals surface area contributed by atoms with Crippen molar-refractivity contribution in [1.29, 1.82) is 0 Å². The Morgan fingerprint density at radius 2 is 1.36 bits per heavy atom. The third kappa shape index (κ3) is 12.8. The largest absolute Gasteiger partial charge is 0.414 e. The molecule has 8 fully saturated rings. The number of methoxy groups -OCH3 is 1. The Bertz CT molecular complexity index is 1720. The van der Waals surface area contributed by atoms with E-state index in [1.807, 2.05) is 13.2 Å². The van der Waals surface area contributed by atoms with Gasteiger partial charge in [0.1, 0.15) is 30.5 Å². The van der Waals surface area contributed by atoms with Gasteiger partial charge in [0, 0.05) is 45.3 Å². The Balaban J connectivity index is 0.975. The van der Waals surface area contributed by atoms with E-state index in [4.69, 9.17) is 51.2 Å². The monoisotopic (exact) mass is 1080 g/mol. The van der Waals surface area contributed by atoms with Crippen molar-refractivity contribution in [3.8, 4) is 0 Å². The van der Waals surface area contributed by atoms with Crippen molar-refractivity contribution >= 4 is 25.0 Å². The smallest absolute Gasteiger partial charge is 0.192 e. The van der Waals surface area contributed by atoms with Crippen molar-refractivity contribution < 1.29 is 56.3 Å². The molecular weight excluding hydrogens is 973 g/mol. The SMILES string of the molecule is C=CCC1O[C@@H]2C3O[C@@H]4C[C@](CCC5CC(=C)C(CCC6CC(C)C(C)(C)C(CC7O[C@H](CC(CO[Si](CC)(CC)CC)O[Si](CC)(CC)CC)[C@H](OC)C7CCO)O6)O5)(OC3C1O[Si](CC)(CC)CC)OC24. The van der Waals surface area contributed by atoms with E-state index in [9.17, 15) is 5.11 Å². The first-order valence-corrected chi connectivity index (χ1v) is 37.6. The normalized spacial score (nSPS) is 38.6. The highest BCUT2D eigenvalue weighted by Gasteiger charge is 2.68. The zero-order chi connectivity index (χ0) is 52.9. The van der Waals surface area contributed by atoms with Gasteiger partial charge in [-0.15, -0.1) is 6.58 Å². The van der Waals surface area contributed by atoms with Crippen LogP contribution >= 0.6 is 0 Å². The molecule has 12 nitrogen and oxygen atoms in total. The van der Waals surface area contributed by atoms with Crippen LogP contribution in [0.25, 0.3) is 0 Å². The Morgan fingerprint density at radius 1 is 0.712 bits per heavy atom. The summed E-state index contributed by atoms with van der Waals surface area (Å²) in [5.41, 5.74) is 1.11. The van der Waals surface area contributed by atoms with E-state index in [1.165, 1.54) is 5.57 Å². The van der Waals surface area contributed by atoms with Gasteiger partial charge >= 0.3 is 0 Å². The van der Waals surface area contributed by atoms with Gasteiger partial charge in [-0.3, -0.25) is 0 Å². The Kier molecular flexibility index (Phi) is 21.3. The Morgan fingerprint density at radius 3 is 1.97 bits per heavy atom. The summed E-state index contributed by atoms with van der Waals surface area (Å²) in [5, 5.41) is 10.5. The summed E-state index contributed by atoms with van der Waals surface area (Å²) in [6.07, 6.45) is 9.17. The summed E-state index contributed by atoms with van der Waals surface area (Å²) in [6, 6.07) is 9.78. The Labute approximate surface area is 447 Å². The fraction of sp³-hybridized carbons (Fsp3) is 0.931. The lowest BCUT2D eigenvalue weighted by atomic mass is 9.68.